The summed E-state index contributed by atoms with van der Waals surface area (Å²) in [6.07, 6.45) is 15.2. The van der Waals surface area contributed by atoms with Crippen molar-refractivity contribution in [2.24, 2.45) is 17.6 Å². The van der Waals surface area contributed by atoms with Crippen LogP contribution in [-0.4, -0.2) is 63.9 Å². The molecular formula is C44H65N3O7. The highest BCUT2D eigenvalue weighted by Gasteiger charge is 2.35. The van der Waals surface area contributed by atoms with E-state index in [0.717, 1.165) is 19.3 Å². The fourth-order valence-electron chi connectivity index (χ4n) is 7.47. The number of rotatable bonds is 21. The van der Waals surface area contributed by atoms with Crippen LogP contribution in [-0.2, 0) is 30.4 Å². The molecule has 10 nitrogen and oxygen atoms in total. The number of amides is 2. The number of phenolic OH excluding ortho intramolecular Hbond substituents is 2. The Balaban J connectivity index is 1.84. The average Bonchev–Trinajstić information content (AvgIpc) is 3.13. The van der Waals surface area contributed by atoms with E-state index in [2.05, 4.69) is 12.2 Å². The van der Waals surface area contributed by atoms with Crippen molar-refractivity contribution < 1.29 is 34.2 Å². The summed E-state index contributed by atoms with van der Waals surface area (Å²) in [6.45, 7) is 5.67. The maximum absolute atomic E-state index is 14.4. The van der Waals surface area contributed by atoms with E-state index in [1.54, 1.807) is 38.2 Å². The van der Waals surface area contributed by atoms with E-state index in [1.165, 1.54) is 75.3 Å². The van der Waals surface area contributed by atoms with E-state index in [-0.39, 0.29) is 59.4 Å². The number of nitrogens with one attached hydrogen (secondary N) is 1. The molecule has 4 atom stereocenters. The second-order valence-electron chi connectivity index (χ2n) is 15.4. The fraction of sp³-hybridized carbons (Fsp3) is 0.614. The fourth-order valence-corrected chi connectivity index (χ4v) is 7.47. The lowest BCUT2D eigenvalue weighted by atomic mass is 9.88. The monoisotopic (exact) mass is 747 g/mol. The Hall–Kier alpha value is -4.05. The molecule has 0 spiro atoms. The molecule has 0 fully saturated rings. The van der Waals surface area contributed by atoms with Gasteiger partial charge >= 0.3 is 0 Å². The summed E-state index contributed by atoms with van der Waals surface area (Å²) in [5, 5.41) is 24.6. The summed E-state index contributed by atoms with van der Waals surface area (Å²) < 4.78 is 0. The van der Waals surface area contributed by atoms with E-state index in [4.69, 9.17) is 5.73 Å². The third-order valence-electron chi connectivity index (χ3n) is 10.8. The van der Waals surface area contributed by atoms with Gasteiger partial charge in [-0.3, -0.25) is 24.0 Å². The summed E-state index contributed by atoms with van der Waals surface area (Å²) in [7, 11) is 1.54. The SMILES string of the molecule is CCCCCCCCCCCCCC(=O)C[C@@H](CCCCN)C(=O)N(C)[C@@H]1C(=O)C[C@@H](C)C(=O)N[C@H](C(C)=O)Cc2ccc(O)c(c2)-c2cc1ccc2O. The molecule has 2 amide bonds. The highest BCUT2D eigenvalue weighted by atomic mass is 16.3. The Morgan fingerprint density at radius 3 is 2.04 bits per heavy atom. The minimum atomic E-state index is -1.15. The first-order chi connectivity index (χ1) is 25.9. The van der Waals surface area contributed by atoms with Gasteiger partial charge in [0.15, 0.2) is 11.6 Å². The highest BCUT2D eigenvalue weighted by Crippen LogP contribution is 2.39. The number of carbonyl (C=O) groups excluding carboxylic acids is 5. The standard InChI is InChI=1S/C44H65N3O7/c1-5-6-7-8-9-10-11-12-13-14-15-19-35(49)28-34(18-16-17-24-45)44(54)47(4)42-33-21-23-40(51)37(29-33)36-26-32(20-22-39(36)50)27-38(31(3)48)46-43(53)30(2)25-41(42)52/h20-23,26,29-30,34,38,42,50-51H,5-19,24-25,27-28,45H2,1-4H3,(H,46,53)/t30-,34-,38+,42+/m1/s1. The second-order valence-corrected chi connectivity index (χ2v) is 15.4. The van der Waals surface area contributed by atoms with Gasteiger partial charge in [0.05, 0.1) is 6.04 Å². The molecule has 0 radical (unpaired) electrons. The first kappa shape index (κ1) is 44.3. The first-order valence-corrected chi connectivity index (χ1v) is 20.3. The van der Waals surface area contributed by atoms with Gasteiger partial charge < -0.3 is 26.2 Å². The van der Waals surface area contributed by atoms with Crippen molar-refractivity contribution in [3.8, 4) is 22.6 Å². The Bertz CT molecular complexity index is 1560. The van der Waals surface area contributed by atoms with Crippen molar-refractivity contribution in [3.63, 3.8) is 0 Å². The molecule has 0 saturated heterocycles. The summed E-state index contributed by atoms with van der Waals surface area (Å²) in [6, 6.07) is 7.31. The van der Waals surface area contributed by atoms with Crippen LogP contribution in [0.2, 0.25) is 0 Å². The summed E-state index contributed by atoms with van der Waals surface area (Å²) >= 11 is 0. The Labute approximate surface area is 322 Å². The minimum Gasteiger partial charge on any atom is -0.507 e. The first-order valence-electron chi connectivity index (χ1n) is 20.3. The zero-order valence-corrected chi connectivity index (χ0v) is 33.2. The van der Waals surface area contributed by atoms with Gasteiger partial charge in [-0.1, -0.05) is 96.6 Å². The smallest absolute Gasteiger partial charge is 0.226 e. The third-order valence-corrected chi connectivity index (χ3v) is 10.8. The molecule has 1 aliphatic rings. The number of fused-ring (bicyclic) bond motifs is 5. The van der Waals surface area contributed by atoms with Crippen LogP contribution < -0.4 is 11.1 Å². The van der Waals surface area contributed by atoms with Gasteiger partial charge in [0.2, 0.25) is 11.8 Å². The average molecular weight is 748 g/mol. The Morgan fingerprint density at radius 1 is 0.833 bits per heavy atom. The van der Waals surface area contributed by atoms with E-state index in [1.807, 2.05) is 0 Å². The summed E-state index contributed by atoms with van der Waals surface area (Å²) in [5.74, 6) is -3.21. The number of nitrogens with zero attached hydrogens (tertiary/aromatic N) is 1. The van der Waals surface area contributed by atoms with E-state index < -0.39 is 35.6 Å². The lowest BCUT2D eigenvalue weighted by Gasteiger charge is -2.32. The molecule has 3 rings (SSSR count). The normalized spacial score (nSPS) is 18.1. The Kier molecular flexibility index (Phi) is 18.9. The molecule has 2 aromatic carbocycles. The van der Waals surface area contributed by atoms with Crippen molar-refractivity contribution in [1.82, 2.24) is 10.2 Å². The molecule has 2 aromatic rings. The van der Waals surface area contributed by atoms with Gasteiger partial charge in [-0.25, -0.2) is 0 Å². The molecule has 0 aliphatic carbocycles. The van der Waals surface area contributed by atoms with Crippen molar-refractivity contribution in [3.05, 3.63) is 47.5 Å². The van der Waals surface area contributed by atoms with E-state index in [9.17, 15) is 34.2 Å². The lowest BCUT2D eigenvalue weighted by molar-refractivity contribution is -0.144. The molecule has 54 heavy (non-hydrogen) atoms. The molecular weight excluding hydrogens is 682 g/mol. The number of hydrogen-bond acceptors (Lipinski definition) is 8. The summed E-state index contributed by atoms with van der Waals surface area (Å²) in [5.41, 5.74) is 7.35. The van der Waals surface area contributed by atoms with Gasteiger partial charge in [-0.05, 0) is 74.5 Å². The Morgan fingerprint density at radius 2 is 1.43 bits per heavy atom. The zero-order valence-electron chi connectivity index (χ0n) is 33.2. The molecule has 0 aromatic heterocycles. The summed E-state index contributed by atoms with van der Waals surface area (Å²) in [4.78, 5) is 69.2. The molecule has 0 saturated carbocycles. The number of phenols is 2. The van der Waals surface area contributed by atoms with Crippen LogP contribution in [0.3, 0.4) is 0 Å². The van der Waals surface area contributed by atoms with Gasteiger partial charge in [0.25, 0.3) is 0 Å². The second kappa shape index (κ2) is 23.0. The van der Waals surface area contributed by atoms with Crippen LogP contribution in [0.5, 0.6) is 11.5 Å². The lowest BCUT2D eigenvalue weighted by Crippen LogP contribution is -2.45. The predicted molar refractivity (Wildman–Crippen MR) is 213 cm³/mol. The van der Waals surface area contributed by atoms with Gasteiger partial charge in [-0.15, -0.1) is 0 Å². The van der Waals surface area contributed by atoms with Crippen LogP contribution in [0.25, 0.3) is 11.1 Å². The van der Waals surface area contributed by atoms with Crippen molar-refractivity contribution >= 4 is 29.2 Å². The van der Waals surface area contributed by atoms with Crippen LogP contribution in [0.4, 0.5) is 0 Å². The topological polar surface area (TPSA) is 167 Å². The molecule has 5 N–H and O–H groups in total. The predicted octanol–water partition coefficient (Wildman–Crippen LogP) is 7.90. The number of unbranched alkanes of at least 4 members (excludes halogenated alkanes) is 11. The minimum absolute atomic E-state index is 0.0235. The molecule has 4 bridgehead atoms. The third kappa shape index (κ3) is 13.7. The van der Waals surface area contributed by atoms with E-state index >= 15 is 0 Å². The maximum atomic E-state index is 14.4. The van der Waals surface area contributed by atoms with Gasteiger partial charge in [0, 0.05) is 49.3 Å². The van der Waals surface area contributed by atoms with Crippen molar-refractivity contribution in [1.29, 1.82) is 0 Å². The van der Waals surface area contributed by atoms with Crippen LogP contribution in [0, 0.1) is 11.8 Å². The van der Waals surface area contributed by atoms with Crippen LogP contribution in [0.1, 0.15) is 147 Å². The number of likely N-dealkylation sites (N-methyl/N-ethyl adjacent to an activating group) is 1. The van der Waals surface area contributed by atoms with E-state index in [0.29, 0.717) is 43.4 Å². The number of ketones is 3. The highest BCUT2D eigenvalue weighted by molar-refractivity contribution is 5.96. The van der Waals surface area contributed by atoms with Crippen molar-refractivity contribution in [2.75, 3.05) is 13.6 Å². The van der Waals surface area contributed by atoms with Gasteiger partial charge in [-0.2, -0.15) is 0 Å². The number of Topliss-reactive ketones (excluding diaryl/α,β-unsaturated/α-hetero) is 3. The maximum Gasteiger partial charge on any atom is 0.226 e. The molecule has 10 heteroatoms. The van der Waals surface area contributed by atoms with Gasteiger partial charge in [0.1, 0.15) is 23.3 Å². The largest absolute Gasteiger partial charge is 0.507 e. The number of carbonyl (C=O) groups is 5. The number of nitrogens with two attached hydrogens (primary N) is 1. The molecule has 1 aliphatic heterocycles. The van der Waals surface area contributed by atoms with Crippen LogP contribution >= 0.6 is 0 Å². The molecule has 298 valence electrons. The molecule has 0 unspecified atom stereocenters. The van der Waals surface area contributed by atoms with Crippen LogP contribution in [0.15, 0.2) is 36.4 Å². The zero-order chi connectivity index (χ0) is 39.6. The number of aromatic hydroxyl groups is 2. The van der Waals surface area contributed by atoms with Crippen molar-refractivity contribution in [2.45, 2.75) is 148 Å². The number of benzene rings is 2. The number of hydrogen-bond donors (Lipinski definition) is 4. The quantitative estimate of drug-likeness (QED) is 0.0936. The molecule has 1 heterocycles.